The summed E-state index contributed by atoms with van der Waals surface area (Å²) in [6.07, 6.45) is -8.76. The molecule has 0 atom stereocenters. The van der Waals surface area contributed by atoms with Gasteiger partial charge in [0.25, 0.3) is 5.69 Å². The molecule has 8 nitrogen and oxygen atoms in total. The lowest BCUT2D eigenvalue weighted by Crippen LogP contribution is -2.33. The number of non-ortho nitro benzene ring substituents is 1. The maximum Gasteiger partial charge on any atom is 0.422 e. The van der Waals surface area contributed by atoms with Crippen molar-refractivity contribution in [2.24, 2.45) is 0 Å². The molecule has 0 saturated heterocycles. The summed E-state index contributed by atoms with van der Waals surface area (Å²) in [5, 5.41) is 15.8. The highest BCUT2D eigenvalue weighted by Gasteiger charge is 2.41. The number of thiocarbonyl (C=S) groups is 1. The van der Waals surface area contributed by atoms with Crippen molar-refractivity contribution in [3.05, 3.63) is 46.5 Å². The van der Waals surface area contributed by atoms with Gasteiger partial charge in [-0.3, -0.25) is 10.1 Å². The second-order valence-electron chi connectivity index (χ2n) is 6.67. The molecule has 35 heavy (non-hydrogen) atoms. The fraction of sp³-hybridized carbons (Fsp3) is 0.316. The minimum atomic E-state index is -4.73. The first-order valence-corrected chi connectivity index (χ1v) is 9.65. The standard InChI is InChI=1S/C19H16F7N3O5S/c1-32-15-6-11(29(30)31)2-3-14(15)28-17(35)27-10-4-12(33-8-18(22,23)16(20)21)7-13(5-10)34-9-19(24,25)26/h2-7,16H,8-9H2,1H3,(H2,27,28,35). The zero-order valence-corrected chi connectivity index (χ0v) is 18.3. The zero-order chi connectivity index (χ0) is 26.4. The van der Waals surface area contributed by atoms with Crippen molar-refractivity contribution in [3.63, 3.8) is 0 Å². The first-order valence-electron chi connectivity index (χ1n) is 9.24. The summed E-state index contributed by atoms with van der Waals surface area (Å²) < 4.78 is 103. The number of nitrogens with zero attached hydrogens (tertiary/aromatic N) is 1. The Morgan fingerprint density at radius 1 is 1.03 bits per heavy atom. The number of methoxy groups -OCH3 is 1. The molecule has 0 unspecified atom stereocenters. The van der Waals surface area contributed by atoms with Crippen LogP contribution in [0.5, 0.6) is 17.2 Å². The van der Waals surface area contributed by atoms with E-state index in [1.54, 1.807) is 0 Å². The molecule has 0 aromatic heterocycles. The number of anilines is 2. The van der Waals surface area contributed by atoms with E-state index < -0.39 is 48.2 Å². The number of alkyl halides is 7. The van der Waals surface area contributed by atoms with Gasteiger partial charge in [0.05, 0.1) is 23.8 Å². The van der Waals surface area contributed by atoms with E-state index in [0.29, 0.717) is 0 Å². The van der Waals surface area contributed by atoms with Crippen molar-refractivity contribution >= 4 is 34.4 Å². The fourth-order valence-corrected chi connectivity index (χ4v) is 2.63. The van der Waals surface area contributed by atoms with Crippen LogP contribution in [0.25, 0.3) is 0 Å². The van der Waals surface area contributed by atoms with Gasteiger partial charge in [-0.25, -0.2) is 8.78 Å². The number of benzene rings is 2. The Bertz CT molecular complexity index is 1070. The average molecular weight is 531 g/mol. The number of halogens is 7. The highest BCUT2D eigenvalue weighted by Crippen LogP contribution is 2.32. The molecule has 0 radical (unpaired) electrons. The SMILES string of the molecule is COc1cc([N+](=O)[O-])ccc1NC(=S)Nc1cc(OCC(F)(F)F)cc(OCC(F)(F)C(F)F)c1. The maximum absolute atomic E-state index is 13.2. The molecule has 2 aromatic rings. The van der Waals surface area contributed by atoms with E-state index in [2.05, 4.69) is 20.1 Å². The third-order valence-corrected chi connectivity index (χ3v) is 4.14. The first-order chi connectivity index (χ1) is 16.2. The Morgan fingerprint density at radius 3 is 2.14 bits per heavy atom. The van der Waals surface area contributed by atoms with Gasteiger partial charge < -0.3 is 24.8 Å². The number of hydrogen-bond acceptors (Lipinski definition) is 6. The summed E-state index contributed by atoms with van der Waals surface area (Å²) in [7, 11) is 1.24. The molecule has 0 aliphatic carbocycles. The number of hydrogen-bond donors (Lipinski definition) is 2. The van der Waals surface area contributed by atoms with Gasteiger partial charge in [0.2, 0.25) is 0 Å². The molecule has 0 spiro atoms. The van der Waals surface area contributed by atoms with Crippen molar-refractivity contribution in [2.75, 3.05) is 31.0 Å². The van der Waals surface area contributed by atoms with Crippen LogP contribution in [0.2, 0.25) is 0 Å². The second-order valence-corrected chi connectivity index (χ2v) is 7.08. The lowest BCUT2D eigenvalue weighted by molar-refractivity contribution is -0.384. The second kappa shape index (κ2) is 11.2. The van der Waals surface area contributed by atoms with E-state index in [0.717, 1.165) is 30.3 Å². The Labute approximate surface area is 198 Å². The highest BCUT2D eigenvalue weighted by molar-refractivity contribution is 7.80. The van der Waals surface area contributed by atoms with Crippen LogP contribution >= 0.6 is 12.2 Å². The lowest BCUT2D eigenvalue weighted by Gasteiger charge is -2.18. The van der Waals surface area contributed by atoms with E-state index in [-0.39, 0.29) is 27.9 Å². The predicted octanol–water partition coefficient (Wildman–Crippen LogP) is 5.63. The Hall–Kier alpha value is -3.56. The van der Waals surface area contributed by atoms with Gasteiger partial charge in [-0.2, -0.15) is 22.0 Å². The molecule has 2 N–H and O–H groups in total. The molecule has 0 aliphatic heterocycles. The average Bonchev–Trinajstić information content (AvgIpc) is 2.75. The summed E-state index contributed by atoms with van der Waals surface area (Å²) in [5.41, 5.74) is -0.213. The molecular formula is C19H16F7N3O5S. The molecular weight excluding hydrogens is 515 g/mol. The van der Waals surface area contributed by atoms with Crippen LogP contribution in [0.3, 0.4) is 0 Å². The number of nitro groups is 1. The summed E-state index contributed by atoms with van der Waals surface area (Å²) >= 11 is 5.09. The largest absolute Gasteiger partial charge is 0.494 e. The highest BCUT2D eigenvalue weighted by atomic mass is 32.1. The van der Waals surface area contributed by atoms with Crippen LogP contribution < -0.4 is 24.8 Å². The minimum absolute atomic E-state index is 0.0314. The number of nitrogens with one attached hydrogen (secondary N) is 2. The number of rotatable bonds is 10. The summed E-state index contributed by atoms with van der Waals surface area (Å²) in [6.45, 7) is -3.48. The van der Waals surface area contributed by atoms with Crippen molar-refractivity contribution in [1.29, 1.82) is 0 Å². The van der Waals surface area contributed by atoms with Crippen LogP contribution in [-0.2, 0) is 0 Å². The molecule has 2 rings (SSSR count). The summed E-state index contributed by atoms with van der Waals surface area (Å²) in [4.78, 5) is 10.2. The molecule has 0 amide bonds. The third kappa shape index (κ3) is 8.62. The van der Waals surface area contributed by atoms with Crippen molar-refractivity contribution < 1.29 is 49.9 Å². The smallest absolute Gasteiger partial charge is 0.422 e. The number of nitro benzene ring substituents is 1. The Morgan fingerprint density at radius 2 is 1.63 bits per heavy atom. The summed E-state index contributed by atoms with van der Waals surface area (Å²) in [6, 6.07) is 6.34. The van der Waals surface area contributed by atoms with Gasteiger partial charge in [-0.1, -0.05) is 0 Å². The predicted molar refractivity (Wildman–Crippen MR) is 114 cm³/mol. The van der Waals surface area contributed by atoms with Crippen molar-refractivity contribution in [2.45, 2.75) is 18.5 Å². The molecule has 0 heterocycles. The van der Waals surface area contributed by atoms with E-state index >= 15 is 0 Å². The first kappa shape index (κ1) is 27.7. The van der Waals surface area contributed by atoms with Crippen LogP contribution in [0.4, 0.5) is 47.8 Å². The van der Waals surface area contributed by atoms with Crippen molar-refractivity contribution in [1.82, 2.24) is 0 Å². The van der Waals surface area contributed by atoms with Gasteiger partial charge in [0, 0.05) is 30.0 Å². The fourth-order valence-electron chi connectivity index (χ4n) is 2.40. The van der Waals surface area contributed by atoms with E-state index in [4.69, 9.17) is 17.0 Å². The quantitative estimate of drug-likeness (QED) is 0.176. The molecule has 16 heteroatoms. The van der Waals surface area contributed by atoms with Gasteiger partial charge >= 0.3 is 18.5 Å². The van der Waals surface area contributed by atoms with E-state index in [1.165, 1.54) is 13.2 Å². The minimum Gasteiger partial charge on any atom is -0.494 e. The monoisotopic (exact) mass is 531 g/mol. The third-order valence-electron chi connectivity index (χ3n) is 3.94. The maximum atomic E-state index is 13.2. The zero-order valence-electron chi connectivity index (χ0n) is 17.5. The molecule has 0 saturated carbocycles. The van der Waals surface area contributed by atoms with Crippen LogP contribution in [0.1, 0.15) is 0 Å². The van der Waals surface area contributed by atoms with E-state index in [1.807, 2.05) is 0 Å². The Balaban J connectivity index is 2.23. The molecule has 2 aromatic carbocycles. The Kier molecular flexibility index (Phi) is 8.89. The van der Waals surface area contributed by atoms with Crippen LogP contribution in [-0.4, -0.2) is 48.9 Å². The molecule has 192 valence electrons. The summed E-state index contributed by atoms with van der Waals surface area (Å²) in [5.74, 6) is -5.48. The topological polar surface area (TPSA) is 94.9 Å². The van der Waals surface area contributed by atoms with Gasteiger partial charge in [0.1, 0.15) is 17.2 Å². The van der Waals surface area contributed by atoms with E-state index in [9.17, 15) is 40.8 Å². The molecule has 0 bridgehead atoms. The molecule has 0 aliphatic rings. The van der Waals surface area contributed by atoms with Gasteiger partial charge in [0.15, 0.2) is 18.3 Å². The lowest BCUT2D eigenvalue weighted by atomic mass is 10.2. The van der Waals surface area contributed by atoms with Gasteiger partial charge in [-0.15, -0.1) is 0 Å². The van der Waals surface area contributed by atoms with Crippen molar-refractivity contribution in [3.8, 4) is 17.2 Å². The van der Waals surface area contributed by atoms with Gasteiger partial charge in [-0.05, 0) is 18.3 Å². The number of ether oxygens (including phenoxy) is 3. The van der Waals surface area contributed by atoms with Crippen LogP contribution in [0, 0.1) is 10.1 Å². The van der Waals surface area contributed by atoms with Crippen LogP contribution in [0.15, 0.2) is 36.4 Å². The normalized spacial score (nSPS) is 11.7. The molecule has 0 fully saturated rings.